The number of amides is 1. The largest absolute Gasteiger partial charge is 0.445 e. The predicted molar refractivity (Wildman–Crippen MR) is 88.6 cm³/mol. The lowest BCUT2D eigenvalue weighted by Gasteiger charge is -2.41. The molecular weight excluding hydrogens is 354 g/mol. The fraction of sp³-hybridized carbons (Fsp3) is 0.562. The molecule has 0 saturated carbocycles. The molecule has 0 aliphatic carbocycles. The maximum Gasteiger partial charge on any atom is 0.410 e. The first kappa shape index (κ1) is 19.6. The molecular formula is C16H22F2N2O4S. The quantitative estimate of drug-likeness (QED) is 0.854. The van der Waals surface area contributed by atoms with Crippen molar-refractivity contribution in [1.29, 1.82) is 0 Å². The number of halogens is 2. The Labute approximate surface area is 146 Å². The number of hydrogen-bond donors (Lipinski definition) is 1. The highest BCUT2D eigenvalue weighted by Gasteiger charge is 2.50. The van der Waals surface area contributed by atoms with Gasteiger partial charge in [-0.3, -0.25) is 0 Å². The molecule has 0 spiro atoms. The van der Waals surface area contributed by atoms with E-state index >= 15 is 0 Å². The Bertz CT molecular complexity index is 697. The lowest BCUT2D eigenvalue weighted by atomic mass is 9.86. The number of ether oxygens (including phenoxy) is 1. The summed E-state index contributed by atoms with van der Waals surface area (Å²) in [5.41, 5.74) is 0.793. The van der Waals surface area contributed by atoms with Crippen LogP contribution in [-0.4, -0.2) is 51.2 Å². The lowest BCUT2D eigenvalue weighted by Crippen LogP contribution is -2.57. The molecule has 1 N–H and O–H groups in total. The zero-order valence-corrected chi connectivity index (χ0v) is 14.9. The maximum absolute atomic E-state index is 14.3. The minimum Gasteiger partial charge on any atom is -0.445 e. The Morgan fingerprint density at radius 1 is 1.32 bits per heavy atom. The number of benzene rings is 1. The highest BCUT2D eigenvalue weighted by Crippen LogP contribution is 2.37. The third-order valence-corrected chi connectivity index (χ3v) is 4.88. The normalized spacial score (nSPS) is 23.3. The molecule has 25 heavy (non-hydrogen) atoms. The molecule has 1 aromatic rings. The molecule has 0 radical (unpaired) electrons. The first-order valence-electron chi connectivity index (χ1n) is 7.87. The van der Waals surface area contributed by atoms with E-state index in [4.69, 9.17) is 4.74 Å². The van der Waals surface area contributed by atoms with E-state index in [2.05, 4.69) is 4.72 Å². The van der Waals surface area contributed by atoms with E-state index in [-0.39, 0.29) is 19.7 Å². The molecule has 140 valence electrons. The van der Waals surface area contributed by atoms with Crippen LogP contribution >= 0.6 is 0 Å². The monoisotopic (exact) mass is 376 g/mol. The summed E-state index contributed by atoms with van der Waals surface area (Å²) in [4.78, 5) is 13.4. The summed E-state index contributed by atoms with van der Waals surface area (Å²) >= 11 is 0. The Hall–Kier alpha value is -1.74. The predicted octanol–water partition coefficient (Wildman–Crippen LogP) is 2.08. The second-order valence-electron chi connectivity index (χ2n) is 6.34. The molecule has 0 aromatic heterocycles. The second-order valence-corrected chi connectivity index (χ2v) is 8.17. The van der Waals surface area contributed by atoms with Crippen molar-refractivity contribution in [3.63, 3.8) is 0 Å². The summed E-state index contributed by atoms with van der Waals surface area (Å²) in [7, 11) is -3.59. The van der Waals surface area contributed by atoms with Crippen molar-refractivity contribution >= 4 is 16.1 Å². The van der Waals surface area contributed by atoms with Gasteiger partial charge in [0.2, 0.25) is 10.0 Å². The maximum atomic E-state index is 14.3. The second kappa shape index (κ2) is 7.65. The smallest absolute Gasteiger partial charge is 0.410 e. The number of hydrogen-bond acceptors (Lipinski definition) is 4. The lowest BCUT2D eigenvalue weighted by molar-refractivity contribution is -0.138. The van der Waals surface area contributed by atoms with E-state index in [9.17, 15) is 22.0 Å². The third-order valence-electron chi connectivity index (χ3n) is 4.19. The van der Waals surface area contributed by atoms with Gasteiger partial charge in [-0.05, 0) is 5.56 Å². The highest BCUT2D eigenvalue weighted by molar-refractivity contribution is 7.88. The van der Waals surface area contributed by atoms with Crippen molar-refractivity contribution in [1.82, 2.24) is 9.62 Å². The molecule has 0 unspecified atom stereocenters. The molecule has 1 fully saturated rings. The van der Waals surface area contributed by atoms with Crippen LogP contribution in [0.4, 0.5) is 13.6 Å². The number of sulfonamides is 1. The van der Waals surface area contributed by atoms with Crippen molar-refractivity contribution in [3.8, 4) is 0 Å². The van der Waals surface area contributed by atoms with Crippen LogP contribution in [0, 0.1) is 11.8 Å². The van der Waals surface area contributed by atoms with Gasteiger partial charge >= 0.3 is 6.09 Å². The Morgan fingerprint density at radius 2 is 1.96 bits per heavy atom. The number of carbonyl (C=O) groups is 1. The zero-order chi connectivity index (χ0) is 18.7. The van der Waals surface area contributed by atoms with Gasteiger partial charge in [-0.25, -0.2) is 26.7 Å². The van der Waals surface area contributed by atoms with E-state index < -0.39 is 40.4 Å². The summed E-state index contributed by atoms with van der Waals surface area (Å²) < 4.78 is 58.3. The van der Waals surface area contributed by atoms with Crippen LogP contribution in [0.25, 0.3) is 0 Å². The van der Waals surface area contributed by atoms with Gasteiger partial charge in [0, 0.05) is 25.6 Å². The summed E-state index contributed by atoms with van der Waals surface area (Å²) in [6, 6.07) is 9.02. The Balaban J connectivity index is 1.99. The highest BCUT2D eigenvalue weighted by atomic mass is 32.2. The molecule has 1 aliphatic rings. The Kier molecular flexibility index (Phi) is 5.99. The van der Waals surface area contributed by atoms with Gasteiger partial charge in [-0.1, -0.05) is 37.3 Å². The topological polar surface area (TPSA) is 75.7 Å². The first-order valence-corrected chi connectivity index (χ1v) is 9.77. The first-order chi connectivity index (χ1) is 11.6. The molecule has 9 heteroatoms. The molecule has 1 aliphatic heterocycles. The van der Waals surface area contributed by atoms with Crippen LogP contribution in [0.2, 0.25) is 0 Å². The molecule has 2 rings (SSSR count). The van der Waals surface area contributed by atoms with Gasteiger partial charge < -0.3 is 9.64 Å². The van der Waals surface area contributed by atoms with Crippen LogP contribution < -0.4 is 4.72 Å². The minimum absolute atomic E-state index is 0.0488. The molecule has 1 aromatic carbocycles. The van der Waals surface area contributed by atoms with E-state index in [1.165, 1.54) is 11.8 Å². The van der Waals surface area contributed by atoms with Crippen LogP contribution in [-0.2, 0) is 21.4 Å². The van der Waals surface area contributed by atoms with Crippen LogP contribution in [0.1, 0.15) is 12.5 Å². The van der Waals surface area contributed by atoms with Gasteiger partial charge in [0.25, 0.3) is 5.92 Å². The van der Waals surface area contributed by atoms with E-state index in [0.29, 0.717) is 0 Å². The summed E-state index contributed by atoms with van der Waals surface area (Å²) in [5.74, 6) is -5.49. The van der Waals surface area contributed by atoms with Crippen LogP contribution in [0.5, 0.6) is 0 Å². The summed E-state index contributed by atoms with van der Waals surface area (Å²) in [6.45, 7) is 0.541. The van der Waals surface area contributed by atoms with Crippen molar-refractivity contribution in [2.75, 3.05) is 25.9 Å². The van der Waals surface area contributed by atoms with Gasteiger partial charge in [0.15, 0.2) is 0 Å². The van der Waals surface area contributed by atoms with Crippen molar-refractivity contribution in [2.45, 2.75) is 19.5 Å². The summed E-state index contributed by atoms with van der Waals surface area (Å²) in [6.07, 6.45) is 0.221. The zero-order valence-electron chi connectivity index (χ0n) is 14.1. The summed E-state index contributed by atoms with van der Waals surface area (Å²) in [5, 5.41) is 0. The number of alkyl halides is 2. The number of nitrogens with one attached hydrogen (secondary N) is 1. The van der Waals surface area contributed by atoms with Crippen molar-refractivity contribution in [2.24, 2.45) is 11.8 Å². The number of likely N-dealkylation sites (tertiary alicyclic amines) is 1. The van der Waals surface area contributed by atoms with Gasteiger partial charge in [0.05, 0.1) is 12.2 Å². The number of carbonyl (C=O) groups excluding carboxylic acids is 1. The molecule has 1 saturated heterocycles. The average Bonchev–Trinajstić information content (AvgIpc) is 2.54. The van der Waals surface area contributed by atoms with Crippen molar-refractivity contribution < 1.29 is 26.7 Å². The molecule has 1 amide bonds. The van der Waals surface area contributed by atoms with Gasteiger partial charge in [0.1, 0.15) is 6.61 Å². The number of piperidine rings is 1. The Morgan fingerprint density at radius 3 is 2.56 bits per heavy atom. The molecule has 6 nitrogen and oxygen atoms in total. The molecule has 0 bridgehead atoms. The van der Waals surface area contributed by atoms with E-state index in [0.717, 1.165) is 11.8 Å². The SMILES string of the molecule is C[C@H]1CN(C(=O)OCc2ccccc2)C[C@@H](CNS(C)(=O)=O)C1(F)F. The van der Waals surface area contributed by atoms with Crippen LogP contribution in [0.15, 0.2) is 30.3 Å². The number of rotatable bonds is 5. The molecule has 1 heterocycles. The fourth-order valence-electron chi connectivity index (χ4n) is 2.73. The standard InChI is InChI=1S/C16H22F2N2O4S/c1-12-9-20(15(21)24-11-13-6-4-3-5-7-13)10-14(16(12,17)18)8-19-25(2,22)23/h3-7,12,14,19H,8-11H2,1-2H3/t12-,14+/m0/s1. The van der Waals surface area contributed by atoms with E-state index in [1.807, 2.05) is 6.07 Å². The van der Waals surface area contributed by atoms with Gasteiger partial charge in [-0.15, -0.1) is 0 Å². The fourth-order valence-corrected chi connectivity index (χ4v) is 3.23. The minimum atomic E-state index is -3.59. The number of nitrogens with zero attached hydrogens (tertiary/aromatic N) is 1. The van der Waals surface area contributed by atoms with Gasteiger partial charge in [-0.2, -0.15) is 0 Å². The average molecular weight is 376 g/mol. The van der Waals surface area contributed by atoms with E-state index in [1.54, 1.807) is 24.3 Å². The molecule has 2 atom stereocenters. The van der Waals surface area contributed by atoms with Crippen LogP contribution in [0.3, 0.4) is 0 Å². The van der Waals surface area contributed by atoms with Crippen molar-refractivity contribution in [3.05, 3.63) is 35.9 Å². The third kappa shape index (κ3) is 5.37.